The number of phenolic OH excluding ortho intramolecular Hbond substituents is 1. The molecule has 1 aliphatic heterocycles. The van der Waals surface area contributed by atoms with Gasteiger partial charge in [0, 0.05) is 28.1 Å². The normalized spacial score (nSPS) is 13.9. The van der Waals surface area contributed by atoms with Crippen LogP contribution < -0.4 is 10.7 Å². The van der Waals surface area contributed by atoms with Gasteiger partial charge < -0.3 is 5.11 Å². The van der Waals surface area contributed by atoms with E-state index in [9.17, 15) is 5.11 Å². The molecule has 1 heterocycles. The molecule has 0 aliphatic carbocycles. The predicted octanol–water partition coefficient (Wildman–Crippen LogP) is 2.24. The fraction of sp³-hybridized carbons (Fsp3) is 0.0833. The van der Waals surface area contributed by atoms with Gasteiger partial charge in [0.05, 0.1) is 4.90 Å². The minimum absolute atomic E-state index is 0.326. The van der Waals surface area contributed by atoms with Gasteiger partial charge in [-0.15, -0.1) is 0 Å². The zero-order valence-electron chi connectivity index (χ0n) is 8.69. The lowest BCUT2D eigenvalue weighted by Crippen LogP contribution is -2.06. The van der Waals surface area contributed by atoms with E-state index < -0.39 is 0 Å². The summed E-state index contributed by atoms with van der Waals surface area (Å²) >= 11 is 1.41. The number of hydrogen-bond acceptors (Lipinski definition) is 4. The Labute approximate surface area is 97.0 Å². The van der Waals surface area contributed by atoms with Crippen LogP contribution in [-0.4, -0.2) is 10.3 Å². The lowest BCUT2D eigenvalue weighted by molar-refractivity contribution is 0.476. The Morgan fingerprint density at radius 2 is 1.94 bits per heavy atom. The fourth-order valence-electron chi connectivity index (χ4n) is 1.98. The number of phenols is 1. The Balaban J connectivity index is 2.51. The van der Waals surface area contributed by atoms with E-state index in [0.717, 1.165) is 26.9 Å². The van der Waals surface area contributed by atoms with E-state index in [4.69, 9.17) is 5.73 Å². The van der Waals surface area contributed by atoms with Crippen molar-refractivity contribution in [2.24, 2.45) is 5.73 Å². The van der Waals surface area contributed by atoms with Crippen LogP contribution in [0.4, 0.5) is 5.69 Å². The van der Waals surface area contributed by atoms with Gasteiger partial charge in [-0.3, -0.25) is 5.73 Å². The summed E-state index contributed by atoms with van der Waals surface area (Å²) in [4.78, 5) is 5.29. The third-order valence-corrected chi connectivity index (χ3v) is 3.78. The number of fused-ring (bicyclic) bond motifs is 3. The first-order valence-corrected chi connectivity index (χ1v) is 5.76. The van der Waals surface area contributed by atoms with Crippen molar-refractivity contribution in [3.05, 3.63) is 29.8 Å². The highest BCUT2D eigenvalue weighted by Gasteiger charge is 2.28. The van der Waals surface area contributed by atoms with Gasteiger partial charge >= 0.3 is 5.17 Å². The topological polar surface area (TPSA) is 60.3 Å². The summed E-state index contributed by atoms with van der Waals surface area (Å²) in [6.45, 7) is 1.89. The second-order valence-corrected chi connectivity index (χ2v) is 4.78. The van der Waals surface area contributed by atoms with Crippen molar-refractivity contribution in [2.75, 3.05) is 0 Å². The Bertz CT molecular complexity index is 634. The van der Waals surface area contributed by atoms with Crippen LogP contribution in [0.3, 0.4) is 0 Å². The van der Waals surface area contributed by atoms with Gasteiger partial charge in [0.15, 0.2) is 5.69 Å². The van der Waals surface area contributed by atoms with E-state index in [1.54, 1.807) is 0 Å². The predicted molar refractivity (Wildman–Crippen MR) is 67.2 cm³/mol. The molecule has 3 rings (SSSR count). The molecule has 3 N–H and O–H groups in total. The number of nitrogens with zero attached hydrogens (tertiary/aromatic N) is 1. The second-order valence-electron chi connectivity index (χ2n) is 3.75. The molecule has 3 nitrogen and oxygen atoms in total. The smallest absolute Gasteiger partial charge is 0.355 e. The summed E-state index contributed by atoms with van der Waals surface area (Å²) in [5.74, 6) is 0.326. The van der Waals surface area contributed by atoms with E-state index in [-0.39, 0.29) is 0 Å². The second kappa shape index (κ2) is 3.15. The van der Waals surface area contributed by atoms with Gasteiger partial charge in [-0.2, -0.15) is 0 Å². The molecule has 0 fully saturated rings. The molecular formula is C12H10N2OS+. The van der Waals surface area contributed by atoms with E-state index in [2.05, 4.69) is 4.99 Å². The van der Waals surface area contributed by atoms with Crippen LogP contribution >= 0.6 is 11.8 Å². The Morgan fingerprint density at radius 1 is 1.25 bits per heavy atom. The first-order valence-electron chi connectivity index (χ1n) is 4.95. The Morgan fingerprint density at radius 3 is 2.69 bits per heavy atom. The van der Waals surface area contributed by atoms with E-state index in [1.165, 1.54) is 11.8 Å². The van der Waals surface area contributed by atoms with E-state index in [1.807, 2.05) is 31.2 Å². The van der Waals surface area contributed by atoms with Crippen molar-refractivity contribution in [2.45, 2.75) is 11.8 Å². The third-order valence-electron chi connectivity index (χ3n) is 2.78. The minimum Gasteiger partial charge on any atom is -0.507 e. The van der Waals surface area contributed by atoms with Crippen molar-refractivity contribution in [1.29, 1.82) is 0 Å². The molecule has 2 aromatic carbocycles. The van der Waals surface area contributed by atoms with Crippen molar-refractivity contribution in [1.82, 2.24) is 4.99 Å². The molecule has 0 atom stereocenters. The summed E-state index contributed by atoms with van der Waals surface area (Å²) < 4.78 is 0. The molecule has 0 amide bonds. The van der Waals surface area contributed by atoms with E-state index >= 15 is 0 Å². The number of nitrogens with two attached hydrogens (primary N) is 1. The monoisotopic (exact) mass is 230 g/mol. The van der Waals surface area contributed by atoms with Crippen molar-refractivity contribution in [3.63, 3.8) is 0 Å². The zero-order valence-corrected chi connectivity index (χ0v) is 9.51. The molecule has 0 bridgehead atoms. The molecule has 79 valence electrons. The zero-order chi connectivity index (χ0) is 11.3. The average molecular weight is 230 g/mol. The minimum atomic E-state index is 0.326. The molecule has 16 heavy (non-hydrogen) atoms. The number of aromatic hydroxyl groups is 1. The Kier molecular flexibility index (Phi) is 1.88. The fourth-order valence-corrected chi connectivity index (χ4v) is 2.83. The lowest BCUT2D eigenvalue weighted by atomic mass is 10.0. The summed E-state index contributed by atoms with van der Waals surface area (Å²) in [7, 11) is 0. The van der Waals surface area contributed by atoms with Crippen LogP contribution in [0.2, 0.25) is 0 Å². The number of aliphatic imine (C=N–C) groups is 1. The van der Waals surface area contributed by atoms with Gasteiger partial charge in [0.25, 0.3) is 0 Å². The SMILES string of the molecule is Cc1c2c(c3ccccc3c1O)[N+]=C(N)S2. The average Bonchev–Trinajstić information content (AvgIpc) is 2.68. The summed E-state index contributed by atoms with van der Waals surface area (Å²) in [5.41, 5.74) is 7.46. The molecule has 1 radical (unpaired) electrons. The van der Waals surface area contributed by atoms with Crippen molar-refractivity contribution >= 4 is 33.4 Å². The Hall–Kier alpha value is -1.68. The molecule has 0 aromatic heterocycles. The molecular weight excluding hydrogens is 220 g/mol. The highest BCUT2D eigenvalue weighted by molar-refractivity contribution is 8.14. The molecule has 0 unspecified atom stereocenters. The molecule has 4 heteroatoms. The van der Waals surface area contributed by atoms with E-state index in [0.29, 0.717) is 10.9 Å². The molecule has 2 aromatic rings. The number of benzene rings is 2. The maximum Gasteiger partial charge on any atom is 0.355 e. The number of hydrogen-bond donors (Lipinski definition) is 2. The van der Waals surface area contributed by atoms with Crippen LogP contribution in [0.5, 0.6) is 5.75 Å². The van der Waals surface area contributed by atoms with Gasteiger partial charge in [0.2, 0.25) is 0 Å². The van der Waals surface area contributed by atoms with Crippen LogP contribution in [0.1, 0.15) is 5.56 Å². The van der Waals surface area contributed by atoms with Crippen molar-refractivity contribution < 1.29 is 5.11 Å². The van der Waals surface area contributed by atoms with Gasteiger partial charge in [-0.1, -0.05) is 18.2 Å². The maximum atomic E-state index is 10.1. The summed E-state index contributed by atoms with van der Waals surface area (Å²) in [6, 6.07) is 7.69. The van der Waals surface area contributed by atoms with Crippen LogP contribution in [-0.2, 0) is 0 Å². The summed E-state index contributed by atoms with van der Waals surface area (Å²) in [5, 5.41) is 12.4. The maximum absolute atomic E-state index is 10.1. The molecule has 1 aliphatic rings. The standard InChI is InChI=1S/C12H10N2OS/c1-6-10(15)8-5-3-2-4-7(8)9-11(6)16-12(13)14-9/h2-5,15H,13H2,1H3/q+1. The van der Waals surface area contributed by atoms with Gasteiger partial charge in [0.1, 0.15) is 5.75 Å². The van der Waals surface area contributed by atoms with Gasteiger partial charge in [-0.25, -0.2) is 0 Å². The van der Waals surface area contributed by atoms with Gasteiger partial charge in [-0.05, 0) is 18.0 Å². The van der Waals surface area contributed by atoms with Crippen LogP contribution in [0, 0.1) is 6.92 Å². The highest BCUT2D eigenvalue weighted by Crippen LogP contribution is 2.45. The number of thioether (sulfide) groups is 1. The largest absolute Gasteiger partial charge is 0.507 e. The van der Waals surface area contributed by atoms with Crippen LogP contribution in [0.25, 0.3) is 10.8 Å². The molecule has 0 saturated heterocycles. The van der Waals surface area contributed by atoms with Crippen LogP contribution in [0.15, 0.2) is 29.2 Å². The first-order chi connectivity index (χ1) is 7.68. The lowest BCUT2D eigenvalue weighted by Gasteiger charge is -2.06. The molecule has 0 spiro atoms. The molecule has 0 saturated carbocycles. The highest BCUT2D eigenvalue weighted by atomic mass is 32.2. The first kappa shape index (κ1) is 9.54. The quantitative estimate of drug-likeness (QED) is 0.729. The summed E-state index contributed by atoms with van der Waals surface area (Å²) in [6.07, 6.45) is 0. The third kappa shape index (κ3) is 1.13. The number of rotatable bonds is 0. The van der Waals surface area contributed by atoms with Crippen molar-refractivity contribution in [3.8, 4) is 5.75 Å². The number of amidine groups is 1.